The standard InChI is InChI=1S/C14H19N3/c1-4-13(7-6-12(3)9-15)8-14-10-16-11-17(14)5-2/h6-7,10-11,13H,3-5,8H2,1-2H3/b7-6-. The van der Waals surface area contributed by atoms with E-state index in [2.05, 4.69) is 36.1 Å². The Balaban J connectivity index is 2.68. The minimum absolute atomic E-state index is 0.432. The fourth-order valence-electron chi connectivity index (χ4n) is 1.71. The van der Waals surface area contributed by atoms with Crippen molar-refractivity contribution in [2.24, 2.45) is 5.92 Å². The van der Waals surface area contributed by atoms with Gasteiger partial charge in [-0.15, -0.1) is 0 Å². The van der Waals surface area contributed by atoms with Crippen LogP contribution in [0.1, 0.15) is 26.0 Å². The SMILES string of the molecule is C=C(C#N)/C=C\C(CC)Cc1cncn1CC. The van der Waals surface area contributed by atoms with Crippen molar-refractivity contribution in [3.63, 3.8) is 0 Å². The van der Waals surface area contributed by atoms with Gasteiger partial charge in [0.15, 0.2) is 0 Å². The van der Waals surface area contributed by atoms with E-state index in [9.17, 15) is 0 Å². The molecule has 90 valence electrons. The van der Waals surface area contributed by atoms with Gasteiger partial charge in [0.25, 0.3) is 0 Å². The summed E-state index contributed by atoms with van der Waals surface area (Å²) in [5.41, 5.74) is 1.75. The Kier molecular flexibility index (Phi) is 5.22. The van der Waals surface area contributed by atoms with Crippen molar-refractivity contribution in [1.29, 1.82) is 5.26 Å². The molecule has 0 aliphatic rings. The summed E-state index contributed by atoms with van der Waals surface area (Å²) in [6.45, 7) is 8.85. The summed E-state index contributed by atoms with van der Waals surface area (Å²) >= 11 is 0. The van der Waals surface area contributed by atoms with Gasteiger partial charge in [0.05, 0.1) is 12.4 Å². The molecule has 1 rings (SSSR count). The highest BCUT2D eigenvalue weighted by Crippen LogP contribution is 2.14. The topological polar surface area (TPSA) is 41.6 Å². The van der Waals surface area contributed by atoms with Crippen molar-refractivity contribution in [2.75, 3.05) is 0 Å². The fourth-order valence-corrected chi connectivity index (χ4v) is 1.71. The van der Waals surface area contributed by atoms with Gasteiger partial charge in [0, 0.05) is 24.0 Å². The average molecular weight is 229 g/mol. The molecule has 0 amide bonds. The van der Waals surface area contributed by atoms with Crippen molar-refractivity contribution >= 4 is 0 Å². The van der Waals surface area contributed by atoms with Gasteiger partial charge in [0.2, 0.25) is 0 Å². The van der Waals surface area contributed by atoms with Gasteiger partial charge in [-0.1, -0.05) is 19.6 Å². The molecule has 1 unspecified atom stereocenters. The minimum Gasteiger partial charge on any atom is -0.335 e. The van der Waals surface area contributed by atoms with Crippen molar-refractivity contribution < 1.29 is 0 Å². The van der Waals surface area contributed by atoms with Crippen molar-refractivity contribution in [3.8, 4) is 6.07 Å². The van der Waals surface area contributed by atoms with Crippen LogP contribution in [0.5, 0.6) is 0 Å². The molecule has 17 heavy (non-hydrogen) atoms. The van der Waals surface area contributed by atoms with Gasteiger partial charge in [-0.05, 0) is 31.8 Å². The third kappa shape index (κ3) is 3.92. The van der Waals surface area contributed by atoms with E-state index in [4.69, 9.17) is 5.26 Å². The summed E-state index contributed by atoms with van der Waals surface area (Å²) in [4.78, 5) is 4.16. The number of imidazole rings is 1. The Labute approximate surface area is 103 Å². The molecule has 1 aromatic rings. The van der Waals surface area contributed by atoms with Crippen LogP contribution >= 0.6 is 0 Å². The highest BCUT2D eigenvalue weighted by atomic mass is 15.0. The molecule has 0 saturated heterocycles. The minimum atomic E-state index is 0.432. The molecule has 1 aromatic heterocycles. The quantitative estimate of drug-likeness (QED) is 0.555. The first kappa shape index (κ1) is 13.2. The van der Waals surface area contributed by atoms with Crippen molar-refractivity contribution in [3.05, 3.63) is 42.5 Å². The molecule has 0 saturated carbocycles. The van der Waals surface area contributed by atoms with E-state index in [-0.39, 0.29) is 0 Å². The number of aryl methyl sites for hydroxylation is 1. The van der Waals surface area contributed by atoms with Crippen LogP contribution in [0.2, 0.25) is 0 Å². The number of hydrogen-bond acceptors (Lipinski definition) is 2. The third-order valence-corrected chi connectivity index (χ3v) is 2.85. The van der Waals surface area contributed by atoms with E-state index in [1.165, 1.54) is 5.69 Å². The molecule has 1 atom stereocenters. The highest BCUT2D eigenvalue weighted by molar-refractivity contribution is 5.29. The summed E-state index contributed by atoms with van der Waals surface area (Å²) in [7, 11) is 0. The van der Waals surface area contributed by atoms with Crippen LogP contribution in [0.4, 0.5) is 0 Å². The summed E-state index contributed by atoms with van der Waals surface area (Å²) in [6, 6.07) is 2.03. The Hall–Kier alpha value is -1.82. The zero-order valence-electron chi connectivity index (χ0n) is 10.6. The van der Waals surface area contributed by atoms with Crippen LogP contribution in [0.3, 0.4) is 0 Å². The fraction of sp³-hybridized carbons (Fsp3) is 0.429. The molecule has 3 nitrogen and oxygen atoms in total. The van der Waals surface area contributed by atoms with Crippen LogP contribution in [-0.4, -0.2) is 9.55 Å². The van der Waals surface area contributed by atoms with Crippen LogP contribution in [-0.2, 0) is 13.0 Å². The van der Waals surface area contributed by atoms with Crippen LogP contribution in [0, 0.1) is 17.2 Å². The number of rotatable bonds is 6. The zero-order valence-corrected chi connectivity index (χ0v) is 10.6. The van der Waals surface area contributed by atoms with Gasteiger partial charge in [0.1, 0.15) is 0 Å². The van der Waals surface area contributed by atoms with E-state index in [1.54, 1.807) is 6.08 Å². The summed E-state index contributed by atoms with van der Waals surface area (Å²) in [6.07, 6.45) is 9.65. The third-order valence-electron chi connectivity index (χ3n) is 2.85. The Morgan fingerprint density at radius 3 is 3.00 bits per heavy atom. The van der Waals surface area contributed by atoms with Gasteiger partial charge < -0.3 is 4.57 Å². The van der Waals surface area contributed by atoms with E-state index < -0.39 is 0 Å². The lowest BCUT2D eigenvalue weighted by atomic mass is 9.99. The predicted molar refractivity (Wildman–Crippen MR) is 69.3 cm³/mol. The monoisotopic (exact) mass is 229 g/mol. The lowest BCUT2D eigenvalue weighted by Crippen LogP contribution is -2.06. The van der Waals surface area contributed by atoms with Crippen molar-refractivity contribution in [1.82, 2.24) is 9.55 Å². The lowest BCUT2D eigenvalue weighted by Gasteiger charge is -2.11. The second-order valence-electron chi connectivity index (χ2n) is 4.04. The molecular formula is C14H19N3. The van der Waals surface area contributed by atoms with Crippen molar-refractivity contribution in [2.45, 2.75) is 33.2 Å². The first-order chi connectivity index (χ1) is 8.21. The first-order valence-corrected chi connectivity index (χ1v) is 5.97. The normalized spacial score (nSPS) is 12.5. The molecule has 0 bridgehead atoms. The van der Waals surface area contributed by atoms with E-state index >= 15 is 0 Å². The molecule has 0 fully saturated rings. The maximum absolute atomic E-state index is 8.64. The number of nitriles is 1. The van der Waals surface area contributed by atoms with Gasteiger partial charge in [-0.2, -0.15) is 5.26 Å². The van der Waals surface area contributed by atoms with E-state index in [0.717, 1.165) is 19.4 Å². The summed E-state index contributed by atoms with van der Waals surface area (Å²) in [5.74, 6) is 0.432. The molecule has 0 aliphatic carbocycles. The molecule has 3 heteroatoms. The molecule has 0 N–H and O–H groups in total. The highest BCUT2D eigenvalue weighted by Gasteiger charge is 2.07. The summed E-state index contributed by atoms with van der Waals surface area (Å²) < 4.78 is 2.15. The number of allylic oxidation sites excluding steroid dienone is 3. The molecule has 0 spiro atoms. The number of nitrogens with zero attached hydrogens (tertiary/aromatic N) is 3. The maximum Gasteiger partial charge on any atom is 0.0985 e. The molecule has 0 radical (unpaired) electrons. The maximum atomic E-state index is 8.64. The van der Waals surface area contributed by atoms with Crippen LogP contribution < -0.4 is 0 Å². The lowest BCUT2D eigenvalue weighted by molar-refractivity contribution is 0.585. The second-order valence-corrected chi connectivity index (χ2v) is 4.04. The number of hydrogen-bond donors (Lipinski definition) is 0. The smallest absolute Gasteiger partial charge is 0.0985 e. The number of aromatic nitrogens is 2. The largest absolute Gasteiger partial charge is 0.335 e. The van der Waals surface area contributed by atoms with E-state index in [1.807, 2.05) is 18.6 Å². The molecule has 0 aliphatic heterocycles. The van der Waals surface area contributed by atoms with E-state index in [0.29, 0.717) is 11.5 Å². The zero-order chi connectivity index (χ0) is 12.7. The first-order valence-electron chi connectivity index (χ1n) is 5.97. The predicted octanol–water partition coefficient (Wildman–Crippen LogP) is 3.11. The second kappa shape index (κ2) is 6.70. The van der Waals surface area contributed by atoms with Gasteiger partial charge >= 0.3 is 0 Å². The average Bonchev–Trinajstić information content (AvgIpc) is 2.80. The van der Waals surface area contributed by atoms with Crippen LogP contribution in [0.15, 0.2) is 36.8 Å². The Morgan fingerprint density at radius 1 is 1.65 bits per heavy atom. The summed E-state index contributed by atoms with van der Waals surface area (Å²) in [5, 5.41) is 8.64. The molecular weight excluding hydrogens is 210 g/mol. The van der Waals surface area contributed by atoms with Gasteiger partial charge in [-0.25, -0.2) is 4.98 Å². The Bertz CT molecular complexity index is 435. The molecule has 0 aromatic carbocycles. The Morgan fingerprint density at radius 2 is 2.41 bits per heavy atom. The molecule has 1 heterocycles. The van der Waals surface area contributed by atoms with Crippen LogP contribution in [0.25, 0.3) is 0 Å². The van der Waals surface area contributed by atoms with Gasteiger partial charge in [-0.3, -0.25) is 0 Å².